The lowest BCUT2D eigenvalue weighted by atomic mass is 10.00. The number of ether oxygens (including phenoxy) is 1. The molecule has 0 radical (unpaired) electrons. The van der Waals surface area contributed by atoms with Crippen LogP contribution < -0.4 is 4.74 Å². The summed E-state index contributed by atoms with van der Waals surface area (Å²) in [6.45, 7) is 0. The molecule has 106 valence electrons. The predicted molar refractivity (Wildman–Crippen MR) is 71.1 cm³/mol. The van der Waals surface area contributed by atoms with Crippen LogP contribution >= 0.6 is 15.9 Å². The largest absolute Gasteiger partial charge is 0.497 e. The van der Waals surface area contributed by atoms with E-state index >= 15 is 0 Å². The molecule has 0 aromatic heterocycles. The van der Waals surface area contributed by atoms with Gasteiger partial charge in [-0.05, 0) is 12.1 Å². The van der Waals surface area contributed by atoms with Gasteiger partial charge in [0.25, 0.3) is 0 Å². The molecule has 0 bridgehead atoms. The van der Waals surface area contributed by atoms with E-state index in [-0.39, 0.29) is 11.3 Å². The van der Waals surface area contributed by atoms with Gasteiger partial charge >= 0.3 is 0 Å². The van der Waals surface area contributed by atoms with Crippen LogP contribution in [0.15, 0.2) is 34.8 Å². The third-order valence-corrected chi connectivity index (χ3v) is 3.31. The second-order valence-corrected chi connectivity index (χ2v) is 4.99. The van der Waals surface area contributed by atoms with Gasteiger partial charge in [0.1, 0.15) is 29.3 Å². The average molecular weight is 347 g/mol. The van der Waals surface area contributed by atoms with Crippen LogP contribution in [0.4, 0.5) is 13.2 Å². The molecule has 0 heterocycles. The van der Waals surface area contributed by atoms with Gasteiger partial charge in [-0.3, -0.25) is 0 Å². The topological polar surface area (TPSA) is 29.5 Å². The van der Waals surface area contributed by atoms with E-state index in [1.165, 1.54) is 19.2 Å². The van der Waals surface area contributed by atoms with Crippen LogP contribution in [0, 0.1) is 17.5 Å². The fourth-order valence-electron chi connectivity index (χ4n) is 1.82. The van der Waals surface area contributed by atoms with Gasteiger partial charge in [-0.1, -0.05) is 22.0 Å². The van der Waals surface area contributed by atoms with Gasteiger partial charge in [0.15, 0.2) is 0 Å². The Morgan fingerprint density at radius 3 is 2.15 bits per heavy atom. The maximum Gasteiger partial charge on any atom is 0.135 e. The lowest BCUT2D eigenvalue weighted by molar-refractivity contribution is 0.203. The molecule has 0 fully saturated rings. The van der Waals surface area contributed by atoms with Crippen LogP contribution in [0.1, 0.15) is 17.2 Å². The molecule has 1 N–H and O–H groups in total. The normalized spacial score (nSPS) is 12.3. The zero-order valence-electron chi connectivity index (χ0n) is 10.3. The summed E-state index contributed by atoms with van der Waals surface area (Å²) in [5.74, 6) is -2.79. The number of halogens is 4. The van der Waals surface area contributed by atoms with Crippen molar-refractivity contribution in [1.29, 1.82) is 0 Å². The average Bonchev–Trinajstić information content (AvgIpc) is 2.37. The van der Waals surface area contributed by atoms with Gasteiger partial charge in [-0.15, -0.1) is 0 Å². The number of aliphatic hydroxyl groups excluding tert-OH is 1. The van der Waals surface area contributed by atoms with Gasteiger partial charge < -0.3 is 9.84 Å². The summed E-state index contributed by atoms with van der Waals surface area (Å²) in [6.07, 6.45) is -1.74. The fraction of sp³-hybridized carbons (Fsp3) is 0.143. The smallest absolute Gasteiger partial charge is 0.135 e. The molecule has 0 aliphatic carbocycles. The Bertz CT molecular complexity index is 623. The minimum Gasteiger partial charge on any atom is -0.497 e. The van der Waals surface area contributed by atoms with Crippen LogP contribution in [-0.4, -0.2) is 12.2 Å². The van der Waals surface area contributed by atoms with E-state index in [0.29, 0.717) is 4.47 Å². The zero-order chi connectivity index (χ0) is 14.9. The molecule has 20 heavy (non-hydrogen) atoms. The Morgan fingerprint density at radius 1 is 1.05 bits per heavy atom. The number of benzene rings is 2. The highest BCUT2D eigenvalue weighted by Gasteiger charge is 2.23. The maximum atomic E-state index is 13.8. The molecule has 0 aliphatic rings. The lowest BCUT2D eigenvalue weighted by Gasteiger charge is -2.15. The van der Waals surface area contributed by atoms with Crippen molar-refractivity contribution in [2.75, 3.05) is 7.11 Å². The van der Waals surface area contributed by atoms with Gasteiger partial charge in [0, 0.05) is 22.2 Å². The summed E-state index contributed by atoms with van der Waals surface area (Å²) >= 11 is 3.06. The van der Waals surface area contributed by atoms with Gasteiger partial charge in [0.2, 0.25) is 0 Å². The van der Waals surface area contributed by atoms with Crippen molar-refractivity contribution in [2.24, 2.45) is 0 Å². The van der Waals surface area contributed by atoms with Crippen LogP contribution in [0.25, 0.3) is 0 Å². The van der Waals surface area contributed by atoms with E-state index in [9.17, 15) is 18.3 Å². The number of rotatable bonds is 3. The summed E-state index contributed by atoms with van der Waals surface area (Å²) < 4.78 is 46.6. The summed E-state index contributed by atoms with van der Waals surface area (Å²) in [6, 6.07) is 5.70. The molecule has 2 rings (SSSR count). The van der Waals surface area contributed by atoms with Crippen molar-refractivity contribution < 1.29 is 23.0 Å². The third-order valence-electron chi connectivity index (χ3n) is 2.82. The predicted octanol–water partition coefficient (Wildman–Crippen LogP) is 3.96. The molecule has 6 heteroatoms. The quantitative estimate of drug-likeness (QED) is 0.911. The fourth-order valence-corrected chi connectivity index (χ4v) is 2.15. The summed E-state index contributed by atoms with van der Waals surface area (Å²) in [7, 11) is 1.26. The summed E-state index contributed by atoms with van der Waals surface area (Å²) in [4.78, 5) is 0. The monoisotopic (exact) mass is 346 g/mol. The Morgan fingerprint density at radius 2 is 1.65 bits per heavy atom. The molecule has 0 saturated heterocycles. The van der Waals surface area contributed by atoms with Crippen molar-refractivity contribution in [2.45, 2.75) is 6.10 Å². The molecule has 2 aromatic carbocycles. The molecular formula is C14H10BrF3O2. The molecule has 1 atom stereocenters. The highest BCUT2D eigenvalue weighted by molar-refractivity contribution is 9.10. The van der Waals surface area contributed by atoms with E-state index in [1.807, 2.05) is 0 Å². The molecule has 2 nitrogen and oxygen atoms in total. The first-order valence-corrected chi connectivity index (χ1v) is 6.39. The van der Waals surface area contributed by atoms with E-state index in [0.717, 1.165) is 18.2 Å². The highest BCUT2D eigenvalue weighted by atomic mass is 79.9. The first-order valence-electron chi connectivity index (χ1n) is 5.60. The molecule has 1 unspecified atom stereocenters. The van der Waals surface area contributed by atoms with E-state index in [2.05, 4.69) is 15.9 Å². The Labute approximate surface area is 121 Å². The minimum atomic E-state index is -1.74. The Hall–Kier alpha value is -1.53. The van der Waals surface area contributed by atoms with Crippen LogP contribution in [0.3, 0.4) is 0 Å². The molecule has 0 amide bonds. The molecular weight excluding hydrogens is 337 g/mol. The number of hydrogen-bond donors (Lipinski definition) is 1. The second-order valence-electron chi connectivity index (χ2n) is 4.07. The van der Waals surface area contributed by atoms with Gasteiger partial charge in [-0.25, -0.2) is 13.2 Å². The van der Waals surface area contributed by atoms with Gasteiger partial charge in [-0.2, -0.15) is 0 Å². The third kappa shape index (κ3) is 2.81. The number of aliphatic hydroxyl groups is 1. The van der Waals surface area contributed by atoms with E-state index < -0.39 is 29.1 Å². The number of hydrogen-bond acceptors (Lipinski definition) is 2. The second kappa shape index (κ2) is 5.85. The van der Waals surface area contributed by atoms with E-state index in [4.69, 9.17) is 4.74 Å². The zero-order valence-corrected chi connectivity index (χ0v) is 11.9. The van der Waals surface area contributed by atoms with Crippen molar-refractivity contribution in [3.8, 4) is 5.75 Å². The van der Waals surface area contributed by atoms with E-state index in [1.54, 1.807) is 0 Å². The van der Waals surface area contributed by atoms with Gasteiger partial charge in [0.05, 0.1) is 12.7 Å². The Kier molecular flexibility index (Phi) is 4.35. The van der Waals surface area contributed by atoms with Crippen molar-refractivity contribution in [3.63, 3.8) is 0 Å². The SMILES string of the molecule is COc1cc(F)c(C(O)c2ccc(Br)cc2F)c(F)c1. The minimum absolute atomic E-state index is 0.0211. The molecule has 0 spiro atoms. The lowest BCUT2D eigenvalue weighted by Crippen LogP contribution is -2.08. The number of methoxy groups -OCH3 is 1. The molecule has 0 saturated carbocycles. The highest BCUT2D eigenvalue weighted by Crippen LogP contribution is 2.31. The van der Waals surface area contributed by atoms with Crippen molar-refractivity contribution in [1.82, 2.24) is 0 Å². The van der Waals surface area contributed by atoms with Crippen molar-refractivity contribution >= 4 is 15.9 Å². The van der Waals surface area contributed by atoms with Crippen LogP contribution in [0.2, 0.25) is 0 Å². The first kappa shape index (κ1) is 14.9. The summed E-state index contributed by atoms with van der Waals surface area (Å²) in [5.41, 5.74) is -0.830. The maximum absolute atomic E-state index is 13.8. The standard InChI is InChI=1S/C14H10BrF3O2/c1-20-8-5-11(17)13(12(18)6-8)14(19)9-3-2-7(15)4-10(9)16/h2-6,14,19H,1H3. The Balaban J connectivity index is 2.50. The van der Waals surface area contributed by atoms with Crippen LogP contribution in [-0.2, 0) is 0 Å². The van der Waals surface area contributed by atoms with Crippen LogP contribution in [0.5, 0.6) is 5.75 Å². The molecule has 2 aromatic rings. The molecule has 0 aliphatic heterocycles. The first-order chi connectivity index (χ1) is 9.43. The van der Waals surface area contributed by atoms with Crippen molar-refractivity contribution in [3.05, 3.63) is 63.4 Å². The summed E-state index contributed by atoms with van der Waals surface area (Å²) in [5, 5.41) is 10.0.